The van der Waals surface area contributed by atoms with E-state index in [1.54, 1.807) is 49.4 Å². The van der Waals surface area contributed by atoms with Crippen molar-refractivity contribution in [1.29, 1.82) is 0 Å². The van der Waals surface area contributed by atoms with Crippen molar-refractivity contribution in [2.75, 3.05) is 30.5 Å². The summed E-state index contributed by atoms with van der Waals surface area (Å²) in [6, 6.07) is 16.8. The number of aryl methyl sites for hydroxylation is 1. The molecule has 3 heterocycles. The maximum absolute atomic E-state index is 13.9. The zero-order chi connectivity index (χ0) is 25.9. The third-order valence-corrected chi connectivity index (χ3v) is 6.36. The van der Waals surface area contributed by atoms with Crippen LogP contribution >= 0.6 is 0 Å². The second kappa shape index (κ2) is 10.2. The van der Waals surface area contributed by atoms with Gasteiger partial charge >= 0.3 is 5.97 Å². The molecule has 0 unspecified atom stereocenters. The number of aromatic nitrogens is 4. The Labute approximate surface area is 214 Å². The first-order valence-electron chi connectivity index (χ1n) is 12.1. The van der Waals surface area contributed by atoms with Crippen LogP contribution in [-0.2, 0) is 24.8 Å². The molecule has 1 N–H and O–H groups in total. The van der Waals surface area contributed by atoms with Gasteiger partial charge in [0.25, 0.3) is 5.91 Å². The Morgan fingerprint density at radius 1 is 1.11 bits per heavy atom. The summed E-state index contributed by atoms with van der Waals surface area (Å²) in [6.07, 6.45) is 2.23. The number of nitrogens with one attached hydrogen (secondary N) is 1. The van der Waals surface area contributed by atoms with E-state index >= 15 is 0 Å². The zero-order valence-electron chi connectivity index (χ0n) is 21.0. The minimum Gasteiger partial charge on any atom is -0.497 e. The molecular weight excluding hydrogens is 472 g/mol. The monoisotopic (exact) mass is 500 g/mol. The van der Waals surface area contributed by atoms with Gasteiger partial charge in [-0.1, -0.05) is 6.07 Å². The molecule has 0 saturated carbocycles. The maximum atomic E-state index is 13.9. The van der Waals surface area contributed by atoms with Crippen LogP contribution in [0.2, 0.25) is 0 Å². The average Bonchev–Trinajstić information content (AvgIpc) is 3.52. The Balaban J connectivity index is 1.48. The standard InChI is InChI=1S/C27H28N6O4/c1-4-37-27(35)24-23-13-15-32(20-7-5-6-18(16-20)28-17-21-12-14-29-31(21)2)26(34)25(23)33(30-24)19-8-10-22(36-3)11-9-19/h5-12,14,16,28H,4,13,15,17H2,1-3H3. The molecule has 0 spiro atoms. The van der Waals surface area contributed by atoms with Gasteiger partial charge < -0.3 is 19.7 Å². The lowest BCUT2D eigenvalue weighted by Crippen LogP contribution is -2.39. The van der Waals surface area contributed by atoms with Crippen LogP contribution in [0.5, 0.6) is 5.75 Å². The molecule has 0 atom stereocenters. The van der Waals surface area contributed by atoms with Gasteiger partial charge in [0, 0.05) is 36.7 Å². The topological polar surface area (TPSA) is 104 Å². The molecule has 10 nitrogen and oxygen atoms in total. The van der Waals surface area contributed by atoms with Crippen LogP contribution in [0.15, 0.2) is 60.8 Å². The van der Waals surface area contributed by atoms with Crippen molar-refractivity contribution in [3.8, 4) is 11.4 Å². The van der Waals surface area contributed by atoms with E-state index in [2.05, 4.69) is 15.5 Å². The molecule has 190 valence electrons. The number of fused-ring (bicyclic) bond motifs is 1. The third-order valence-electron chi connectivity index (χ3n) is 6.36. The number of nitrogens with zero attached hydrogens (tertiary/aromatic N) is 5. The Bertz CT molecular complexity index is 1440. The fourth-order valence-electron chi connectivity index (χ4n) is 4.43. The van der Waals surface area contributed by atoms with Gasteiger partial charge in [-0.3, -0.25) is 9.48 Å². The number of amides is 1. The molecule has 0 radical (unpaired) electrons. The second-order valence-corrected chi connectivity index (χ2v) is 8.56. The fraction of sp³-hybridized carbons (Fsp3) is 0.259. The molecule has 4 aromatic rings. The van der Waals surface area contributed by atoms with E-state index < -0.39 is 5.97 Å². The molecule has 0 bridgehead atoms. The number of carbonyl (C=O) groups excluding carboxylic acids is 2. The van der Waals surface area contributed by atoms with Gasteiger partial charge in [0.15, 0.2) is 5.69 Å². The molecule has 37 heavy (non-hydrogen) atoms. The fourth-order valence-corrected chi connectivity index (χ4v) is 4.43. The van der Waals surface area contributed by atoms with Gasteiger partial charge in [-0.15, -0.1) is 0 Å². The summed E-state index contributed by atoms with van der Waals surface area (Å²) in [4.78, 5) is 28.3. The van der Waals surface area contributed by atoms with Gasteiger partial charge in [0.05, 0.1) is 31.6 Å². The minimum atomic E-state index is -0.534. The van der Waals surface area contributed by atoms with Gasteiger partial charge in [0.2, 0.25) is 0 Å². The predicted octanol–water partition coefficient (Wildman–Crippen LogP) is 3.61. The molecule has 1 aliphatic heterocycles. The summed E-state index contributed by atoms with van der Waals surface area (Å²) in [5.74, 6) is -0.0868. The van der Waals surface area contributed by atoms with Crippen molar-refractivity contribution < 1.29 is 19.1 Å². The van der Waals surface area contributed by atoms with Crippen molar-refractivity contribution in [2.24, 2.45) is 7.05 Å². The molecule has 2 aromatic heterocycles. The van der Waals surface area contributed by atoms with E-state index in [-0.39, 0.29) is 18.2 Å². The van der Waals surface area contributed by atoms with Gasteiger partial charge in [-0.05, 0) is 61.9 Å². The number of methoxy groups -OCH3 is 1. The smallest absolute Gasteiger partial charge is 0.359 e. The molecule has 1 amide bonds. The number of anilines is 2. The molecular formula is C27H28N6O4. The van der Waals surface area contributed by atoms with Crippen molar-refractivity contribution in [1.82, 2.24) is 19.6 Å². The lowest BCUT2D eigenvalue weighted by molar-refractivity contribution is 0.0517. The van der Waals surface area contributed by atoms with Crippen LogP contribution in [0.1, 0.15) is 39.2 Å². The molecule has 5 rings (SSSR count). The van der Waals surface area contributed by atoms with E-state index in [0.29, 0.717) is 42.2 Å². The first-order valence-corrected chi connectivity index (χ1v) is 12.1. The zero-order valence-corrected chi connectivity index (χ0v) is 21.0. The highest BCUT2D eigenvalue weighted by atomic mass is 16.5. The van der Waals surface area contributed by atoms with Crippen LogP contribution in [0, 0.1) is 0 Å². The summed E-state index contributed by atoms with van der Waals surface area (Å²) in [5.41, 5.74) is 4.45. The van der Waals surface area contributed by atoms with Crippen LogP contribution in [0.4, 0.5) is 11.4 Å². The van der Waals surface area contributed by atoms with Crippen molar-refractivity contribution in [3.63, 3.8) is 0 Å². The number of carbonyl (C=O) groups is 2. The minimum absolute atomic E-state index is 0.173. The summed E-state index contributed by atoms with van der Waals surface area (Å²) >= 11 is 0. The summed E-state index contributed by atoms with van der Waals surface area (Å²) in [7, 11) is 3.48. The predicted molar refractivity (Wildman–Crippen MR) is 138 cm³/mol. The quantitative estimate of drug-likeness (QED) is 0.369. The van der Waals surface area contributed by atoms with Gasteiger partial charge in [-0.25, -0.2) is 9.48 Å². The molecule has 0 fully saturated rings. The average molecular weight is 501 g/mol. The Kier molecular flexibility index (Phi) is 6.63. The summed E-state index contributed by atoms with van der Waals surface area (Å²) in [5, 5.41) is 12.1. The van der Waals surface area contributed by atoms with Crippen molar-refractivity contribution in [3.05, 3.63) is 83.4 Å². The highest BCUT2D eigenvalue weighted by molar-refractivity contribution is 6.09. The lowest BCUT2D eigenvalue weighted by Gasteiger charge is -2.28. The van der Waals surface area contributed by atoms with E-state index in [9.17, 15) is 9.59 Å². The Hall–Kier alpha value is -4.60. The van der Waals surface area contributed by atoms with Crippen LogP contribution in [-0.4, -0.2) is 51.7 Å². The number of hydrogen-bond acceptors (Lipinski definition) is 7. The molecule has 1 aliphatic rings. The lowest BCUT2D eigenvalue weighted by atomic mass is 10.0. The molecule has 10 heteroatoms. The first-order chi connectivity index (χ1) is 18.0. The van der Waals surface area contributed by atoms with Crippen LogP contribution < -0.4 is 15.0 Å². The van der Waals surface area contributed by atoms with Gasteiger partial charge in [-0.2, -0.15) is 10.2 Å². The SMILES string of the molecule is CCOC(=O)c1nn(-c2ccc(OC)cc2)c2c1CCN(c1cccc(NCc3ccnn3C)c1)C2=O. The third kappa shape index (κ3) is 4.65. The summed E-state index contributed by atoms with van der Waals surface area (Å²) < 4.78 is 13.8. The molecule has 0 aliphatic carbocycles. The van der Waals surface area contributed by atoms with Crippen LogP contribution in [0.25, 0.3) is 5.69 Å². The van der Waals surface area contributed by atoms with Crippen molar-refractivity contribution in [2.45, 2.75) is 19.9 Å². The van der Waals surface area contributed by atoms with E-state index in [1.807, 2.05) is 42.1 Å². The van der Waals surface area contributed by atoms with Crippen LogP contribution in [0.3, 0.4) is 0 Å². The highest BCUT2D eigenvalue weighted by Gasteiger charge is 2.35. The molecule has 0 saturated heterocycles. The second-order valence-electron chi connectivity index (χ2n) is 8.56. The molecule has 2 aromatic carbocycles. The van der Waals surface area contributed by atoms with E-state index in [0.717, 1.165) is 17.1 Å². The normalized spacial score (nSPS) is 12.8. The first kappa shape index (κ1) is 24.1. The highest BCUT2D eigenvalue weighted by Crippen LogP contribution is 2.31. The number of ether oxygens (including phenoxy) is 2. The number of rotatable bonds is 8. The number of hydrogen-bond donors (Lipinski definition) is 1. The number of benzene rings is 2. The summed E-state index contributed by atoms with van der Waals surface area (Å²) in [6.45, 7) is 2.98. The number of esters is 1. The maximum Gasteiger partial charge on any atom is 0.359 e. The van der Waals surface area contributed by atoms with Gasteiger partial charge in [0.1, 0.15) is 11.4 Å². The largest absolute Gasteiger partial charge is 0.497 e. The van der Waals surface area contributed by atoms with Crippen molar-refractivity contribution >= 4 is 23.3 Å². The Morgan fingerprint density at radius 2 is 1.92 bits per heavy atom. The Morgan fingerprint density at radius 3 is 2.62 bits per heavy atom. The van der Waals surface area contributed by atoms with E-state index in [1.165, 1.54) is 4.68 Å². The van der Waals surface area contributed by atoms with E-state index in [4.69, 9.17) is 9.47 Å².